The maximum atomic E-state index is 6.08. The van der Waals surface area contributed by atoms with Gasteiger partial charge in [-0.1, -0.05) is 6.07 Å². The Morgan fingerprint density at radius 1 is 0.931 bits per heavy atom. The van der Waals surface area contributed by atoms with Gasteiger partial charge in [-0.15, -0.1) is 12.4 Å². The topological polar surface area (TPSA) is 124 Å². The summed E-state index contributed by atoms with van der Waals surface area (Å²) in [5.74, 6) is 1.99. The van der Waals surface area contributed by atoms with Crippen molar-refractivity contribution in [2.45, 2.75) is 25.9 Å². The number of hydrogen-bond donors (Lipinski definition) is 3. The summed E-state index contributed by atoms with van der Waals surface area (Å²) in [5, 5.41) is 0. The first-order chi connectivity index (χ1) is 13.3. The van der Waals surface area contributed by atoms with Crippen LogP contribution in [0, 0.1) is 0 Å². The summed E-state index contributed by atoms with van der Waals surface area (Å²) in [6.45, 7) is 4.92. The molecule has 8 nitrogen and oxygen atoms in total. The van der Waals surface area contributed by atoms with E-state index in [9.17, 15) is 0 Å². The summed E-state index contributed by atoms with van der Waals surface area (Å²) in [6.07, 6.45) is 0.744. The highest BCUT2D eigenvalue weighted by Gasteiger charge is 2.33. The molecule has 2 aromatic carbocycles. The third kappa shape index (κ3) is 5.68. The number of anilines is 2. The van der Waals surface area contributed by atoms with E-state index in [-0.39, 0.29) is 18.4 Å². The smallest absolute Gasteiger partial charge is 0.220 e. The number of nitrogens with zero attached hydrogens (tertiary/aromatic N) is 3. The number of benzene rings is 2. The van der Waals surface area contributed by atoms with Gasteiger partial charge >= 0.3 is 0 Å². The number of halogens is 1. The second-order valence-corrected chi connectivity index (χ2v) is 6.89. The van der Waals surface area contributed by atoms with Gasteiger partial charge in [0.25, 0.3) is 0 Å². The molecule has 156 valence electrons. The van der Waals surface area contributed by atoms with Crippen LogP contribution in [0.4, 0.5) is 11.4 Å². The van der Waals surface area contributed by atoms with Crippen molar-refractivity contribution in [3.63, 3.8) is 0 Å². The molecule has 29 heavy (non-hydrogen) atoms. The van der Waals surface area contributed by atoms with Crippen molar-refractivity contribution in [1.29, 1.82) is 0 Å². The van der Waals surface area contributed by atoms with E-state index >= 15 is 0 Å². The lowest BCUT2D eigenvalue weighted by atomic mass is 10.1. The zero-order valence-electron chi connectivity index (χ0n) is 16.5. The van der Waals surface area contributed by atoms with Crippen LogP contribution < -0.4 is 31.6 Å². The van der Waals surface area contributed by atoms with Crippen LogP contribution in [-0.2, 0) is 0 Å². The Labute approximate surface area is 176 Å². The number of nitrogens with two attached hydrogens (primary N) is 3. The van der Waals surface area contributed by atoms with Gasteiger partial charge in [-0.05, 0) is 50.2 Å². The predicted octanol–water partition coefficient (Wildman–Crippen LogP) is 2.72. The van der Waals surface area contributed by atoms with Crippen LogP contribution in [0.25, 0.3) is 0 Å². The van der Waals surface area contributed by atoms with E-state index in [2.05, 4.69) is 9.98 Å². The molecule has 0 spiro atoms. The van der Waals surface area contributed by atoms with Gasteiger partial charge in [0, 0.05) is 23.9 Å². The van der Waals surface area contributed by atoms with Gasteiger partial charge in [0.2, 0.25) is 11.9 Å². The molecule has 9 heteroatoms. The lowest BCUT2D eigenvalue weighted by Gasteiger charge is -2.38. The first-order valence-electron chi connectivity index (χ1n) is 9.06. The van der Waals surface area contributed by atoms with E-state index in [4.69, 9.17) is 26.7 Å². The van der Waals surface area contributed by atoms with Gasteiger partial charge < -0.3 is 26.7 Å². The Morgan fingerprint density at radius 2 is 1.59 bits per heavy atom. The predicted molar refractivity (Wildman–Crippen MR) is 120 cm³/mol. The summed E-state index contributed by atoms with van der Waals surface area (Å²) >= 11 is 0. The zero-order valence-corrected chi connectivity index (χ0v) is 17.4. The highest BCUT2D eigenvalue weighted by Crippen LogP contribution is 2.29. The molecule has 0 saturated heterocycles. The molecule has 3 rings (SSSR count). The van der Waals surface area contributed by atoms with Gasteiger partial charge in [0.15, 0.2) is 0 Å². The SMILES string of the molecule is CC1(C)N=C(N)N=C(N)N1c1cccc(OCCCOc2ccc(N)cc2)c1.Cl. The molecule has 0 aliphatic carbocycles. The van der Waals surface area contributed by atoms with Gasteiger partial charge in [-0.25, -0.2) is 4.99 Å². The average molecular weight is 419 g/mol. The maximum absolute atomic E-state index is 6.08. The van der Waals surface area contributed by atoms with Crippen molar-refractivity contribution in [3.05, 3.63) is 48.5 Å². The van der Waals surface area contributed by atoms with Gasteiger partial charge in [0.1, 0.15) is 17.2 Å². The van der Waals surface area contributed by atoms with Gasteiger partial charge in [-0.3, -0.25) is 4.90 Å². The number of nitrogen functional groups attached to an aromatic ring is 1. The molecule has 2 aromatic rings. The number of ether oxygens (including phenoxy) is 2. The molecule has 1 aliphatic rings. The minimum atomic E-state index is -0.637. The minimum Gasteiger partial charge on any atom is -0.493 e. The van der Waals surface area contributed by atoms with Crippen LogP contribution >= 0.6 is 12.4 Å². The molecule has 1 aliphatic heterocycles. The average Bonchev–Trinajstić information content (AvgIpc) is 2.62. The molecule has 0 saturated carbocycles. The van der Waals surface area contributed by atoms with Crippen LogP contribution in [-0.4, -0.2) is 30.8 Å². The standard InChI is InChI=1S/C20H26N6O2.ClH/c1-20(2)25-18(22)24-19(23)26(20)15-5-3-6-17(13-15)28-12-4-11-27-16-9-7-14(21)8-10-16;/h3,5-10,13H,4,11-12,21H2,1-2H3,(H4,22,23,24,25);1H. The first-order valence-corrected chi connectivity index (χ1v) is 9.06. The Kier molecular flexibility index (Phi) is 7.17. The summed E-state index contributed by atoms with van der Waals surface area (Å²) in [4.78, 5) is 10.3. The lowest BCUT2D eigenvalue weighted by Crippen LogP contribution is -2.54. The lowest BCUT2D eigenvalue weighted by molar-refractivity contribution is 0.247. The van der Waals surface area contributed by atoms with Crippen molar-refractivity contribution in [1.82, 2.24) is 0 Å². The van der Waals surface area contributed by atoms with Crippen LogP contribution in [0.15, 0.2) is 58.5 Å². The Bertz CT molecular complexity index is 883. The fourth-order valence-electron chi connectivity index (χ4n) is 2.97. The third-order valence-electron chi connectivity index (χ3n) is 4.18. The molecular weight excluding hydrogens is 392 g/mol. The normalized spacial score (nSPS) is 15.0. The third-order valence-corrected chi connectivity index (χ3v) is 4.18. The van der Waals surface area contributed by atoms with Crippen LogP contribution in [0.1, 0.15) is 20.3 Å². The minimum absolute atomic E-state index is 0. The van der Waals surface area contributed by atoms with Crippen molar-refractivity contribution < 1.29 is 9.47 Å². The summed E-state index contributed by atoms with van der Waals surface area (Å²) in [6, 6.07) is 15.0. The summed E-state index contributed by atoms with van der Waals surface area (Å²) < 4.78 is 11.5. The van der Waals surface area contributed by atoms with Crippen molar-refractivity contribution in [2.75, 3.05) is 23.8 Å². The van der Waals surface area contributed by atoms with Crippen LogP contribution in [0.2, 0.25) is 0 Å². The van der Waals surface area contributed by atoms with Crippen LogP contribution in [0.5, 0.6) is 11.5 Å². The number of rotatable bonds is 7. The van der Waals surface area contributed by atoms with E-state index in [1.807, 2.05) is 67.3 Å². The van der Waals surface area contributed by atoms with E-state index in [0.29, 0.717) is 24.9 Å². The molecule has 1 heterocycles. The van der Waals surface area contributed by atoms with E-state index in [0.717, 1.165) is 23.6 Å². The van der Waals surface area contributed by atoms with Gasteiger partial charge in [0.05, 0.1) is 13.2 Å². The van der Waals surface area contributed by atoms with Gasteiger partial charge in [-0.2, -0.15) is 4.99 Å². The van der Waals surface area contributed by atoms with Crippen LogP contribution in [0.3, 0.4) is 0 Å². The molecular formula is C20H27ClN6O2. The number of hydrogen-bond acceptors (Lipinski definition) is 8. The fourth-order valence-corrected chi connectivity index (χ4v) is 2.97. The highest BCUT2D eigenvalue weighted by molar-refractivity contribution is 6.05. The molecule has 0 radical (unpaired) electrons. The monoisotopic (exact) mass is 418 g/mol. The Hall–Kier alpha value is -3.13. The first kappa shape index (κ1) is 22.2. The molecule has 0 amide bonds. The number of aliphatic imine (C=N–C) groups is 2. The quantitative estimate of drug-likeness (QED) is 0.469. The molecule has 0 bridgehead atoms. The van der Waals surface area contributed by atoms with Crippen molar-refractivity contribution in [2.24, 2.45) is 21.5 Å². The maximum Gasteiger partial charge on any atom is 0.220 e. The molecule has 0 aromatic heterocycles. The van der Waals surface area contributed by atoms with Crippen molar-refractivity contribution >= 4 is 35.7 Å². The Balaban J connectivity index is 0.00000300. The molecule has 0 unspecified atom stereocenters. The highest BCUT2D eigenvalue weighted by atomic mass is 35.5. The van der Waals surface area contributed by atoms with Crippen molar-refractivity contribution in [3.8, 4) is 11.5 Å². The fraction of sp³-hybridized carbons (Fsp3) is 0.300. The number of guanidine groups is 2. The van der Waals surface area contributed by atoms with E-state index in [1.54, 1.807) is 0 Å². The Morgan fingerprint density at radius 3 is 2.24 bits per heavy atom. The second kappa shape index (κ2) is 9.38. The summed E-state index contributed by atoms with van der Waals surface area (Å²) in [7, 11) is 0. The molecule has 0 atom stereocenters. The molecule has 0 fully saturated rings. The second-order valence-electron chi connectivity index (χ2n) is 6.89. The van der Waals surface area contributed by atoms with E-state index in [1.165, 1.54) is 0 Å². The summed E-state index contributed by atoms with van der Waals surface area (Å²) in [5.41, 5.74) is 18.4. The molecule has 6 N–H and O–H groups in total. The largest absolute Gasteiger partial charge is 0.493 e. The zero-order chi connectivity index (χ0) is 20.1. The van der Waals surface area contributed by atoms with E-state index < -0.39 is 5.66 Å².